The van der Waals surface area contributed by atoms with Gasteiger partial charge in [-0.25, -0.2) is 0 Å². The van der Waals surface area contributed by atoms with Crippen LogP contribution in [0.2, 0.25) is 0 Å². The summed E-state index contributed by atoms with van der Waals surface area (Å²) in [4.78, 5) is 20.4. The third-order valence-electron chi connectivity index (χ3n) is 1.99. The van der Waals surface area contributed by atoms with E-state index >= 15 is 0 Å². The molecule has 0 amide bonds. The average Bonchev–Trinajstić information content (AvgIpc) is 1.57. The Balaban J connectivity index is 0.000001000. The molecule has 0 saturated heterocycles. The zero-order valence-electron chi connectivity index (χ0n) is 5.96. The number of carbonyl (C=O) groups excluding carboxylic acids is 2. The molecular formula is C6H6CdO4. The Morgan fingerprint density at radius 2 is 1.45 bits per heavy atom. The van der Waals surface area contributed by atoms with Crippen molar-refractivity contribution in [1.82, 2.24) is 0 Å². The van der Waals surface area contributed by atoms with Gasteiger partial charge in [0.25, 0.3) is 0 Å². The van der Waals surface area contributed by atoms with Gasteiger partial charge in [0.05, 0.1) is 11.9 Å². The first-order valence-electron chi connectivity index (χ1n) is 3.02. The normalized spacial score (nSPS) is 19.3. The Morgan fingerprint density at radius 1 is 1.09 bits per heavy atom. The van der Waals surface area contributed by atoms with E-state index in [1.807, 2.05) is 0 Å². The largest absolute Gasteiger partial charge is 2.00 e. The molecule has 1 aliphatic rings. The maximum Gasteiger partial charge on any atom is 2.00 e. The maximum atomic E-state index is 10.2. The van der Waals surface area contributed by atoms with Crippen LogP contribution in [0.5, 0.6) is 0 Å². The van der Waals surface area contributed by atoms with E-state index in [9.17, 15) is 19.8 Å². The van der Waals surface area contributed by atoms with Crippen LogP contribution in [0.4, 0.5) is 0 Å². The van der Waals surface area contributed by atoms with E-state index in [-0.39, 0.29) is 40.1 Å². The summed E-state index contributed by atoms with van der Waals surface area (Å²) in [5.74, 6) is -3.03. The zero-order chi connectivity index (χ0) is 7.78. The summed E-state index contributed by atoms with van der Waals surface area (Å²) in [7, 11) is 0. The van der Waals surface area contributed by atoms with Gasteiger partial charge in [0, 0.05) is 5.41 Å². The van der Waals surface area contributed by atoms with Crippen molar-refractivity contribution >= 4 is 11.9 Å². The number of aliphatic carboxylic acids is 2. The van der Waals surface area contributed by atoms with Gasteiger partial charge < -0.3 is 19.8 Å². The first-order valence-corrected chi connectivity index (χ1v) is 3.02. The molecule has 0 aromatic carbocycles. The van der Waals surface area contributed by atoms with Gasteiger partial charge in [0.15, 0.2) is 0 Å². The van der Waals surface area contributed by atoms with Crippen molar-refractivity contribution in [3.05, 3.63) is 0 Å². The second-order valence-electron chi connectivity index (χ2n) is 2.51. The van der Waals surface area contributed by atoms with Crippen molar-refractivity contribution in [1.29, 1.82) is 0 Å². The molecular weight excluding hydrogens is 248 g/mol. The van der Waals surface area contributed by atoms with Crippen molar-refractivity contribution < 1.29 is 47.1 Å². The topological polar surface area (TPSA) is 80.3 Å². The number of hydrogen-bond donors (Lipinski definition) is 0. The smallest absolute Gasteiger partial charge is 0.549 e. The molecule has 1 fully saturated rings. The molecule has 0 atom stereocenters. The number of hydrogen-bond acceptors (Lipinski definition) is 4. The van der Waals surface area contributed by atoms with Crippen LogP contribution in [0.1, 0.15) is 19.3 Å². The minimum absolute atomic E-state index is 0. The van der Waals surface area contributed by atoms with Gasteiger partial charge in [-0.15, -0.1) is 0 Å². The molecule has 1 aliphatic carbocycles. The monoisotopic (exact) mass is 256 g/mol. The van der Waals surface area contributed by atoms with Crippen molar-refractivity contribution in [2.45, 2.75) is 19.3 Å². The molecule has 0 aromatic heterocycles. The average molecular weight is 255 g/mol. The van der Waals surface area contributed by atoms with E-state index in [0.717, 1.165) is 0 Å². The molecule has 5 heteroatoms. The fourth-order valence-corrected chi connectivity index (χ4v) is 1.02. The Hall–Kier alpha value is -0.138. The third kappa shape index (κ3) is 1.55. The van der Waals surface area contributed by atoms with E-state index < -0.39 is 17.4 Å². The summed E-state index contributed by atoms with van der Waals surface area (Å²) in [5.41, 5.74) is -1.67. The van der Waals surface area contributed by atoms with E-state index in [1.165, 1.54) is 0 Å². The Bertz CT molecular complexity index is 169. The summed E-state index contributed by atoms with van der Waals surface area (Å²) >= 11 is 0. The Labute approximate surface area is 83.8 Å². The number of carboxylic acid groups (broad SMARTS) is 2. The van der Waals surface area contributed by atoms with E-state index in [0.29, 0.717) is 6.42 Å². The molecule has 0 unspecified atom stereocenters. The molecule has 1 rings (SSSR count). The summed E-state index contributed by atoms with van der Waals surface area (Å²) < 4.78 is 0. The van der Waals surface area contributed by atoms with Crippen LogP contribution in [0.15, 0.2) is 0 Å². The molecule has 4 nitrogen and oxygen atoms in total. The van der Waals surface area contributed by atoms with Crippen LogP contribution in [0, 0.1) is 5.41 Å². The fourth-order valence-electron chi connectivity index (χ4n) is 1.02. The zero-order valence-corrected chi connectivity index (χ0v) is 10.00. The van der Waals surface area contributed by atoms with E-state index in [2.05, 4.69) is 0 Å². The molecule has 0 radical (unpaired) electrons. The van der Waals surface area contributed by atoms with Gasteiger partial charge in [-0.3, -0.25) is 0 Å². The molecule has 1 saturated carbocycles. The summed E-state index contributed by atoms with van der Waals surface area (Å²) in [5, 5.41) is 20.4. The second kappa shape index (κ2) is 3.51. The van der Waals surface area contributed by atoms with E-state index in [1.54, 1.807) is 0 Å². The minimum Gasteiger partial charge on any atom is -0.549 e. The van der Waals surface area contributed by atoms with Gasteiger partial charge >= 0.3 is 27.3 Å². The fraction of sp³-hybridized carbons (Fsp3) is 0.667. The van der Waals surface area contributed by atoms with Crippen LogP contribution in [-0.4, -0.2) is 11.9 Å². The molecule has 0 N–H and O–H groups in total. The Kier molecular flexibility index (Phi) is 3.46. The summed E-state index contributed by atoms with van der Waals surface area (Å²) in [6.45, 7) is 0. The van der Waals surface area contributed by atoms with Gasteiger partial charge in [-0.2, -0.15) is 0 Å². The van der Waals surface area contributed by atoms with Crippen molar-refractivity contribution in [3.63, 3.8) is 0 Å². The molecule has 0 heterocycles. The number of carbonyl (C=O) groups is 2. The SMILES string of the molecule is O=C([O-])C1(C(=O)[O-])CCC1.[Cd+2]. The predicted molar refractivity (Wildman–Crippen MR) is 26.3 cm³/mol. The van der Waals surface area contributed by atoms with Crippen molar-refractivity contribution in [2.24, 2.45) is 5.41 Å². The first kappa shape index (κ1) is 10.9. The first-order chi connectivity index (χ1) is 4.59. The molecule has 0 aliphatic heterocycles. The number of carboxylic acids is 2. The standard InChI is InChI=1S/C6H8O4.Cd/c7-4(8)6(5(9)10)2-1-3-6;/h1-3H2,(H,7,8)(H,9,10);/q;+2/p-2. The van der Waals surface area contributed by atoms with Crippen LogP contribution in [-0.2, 0) is 36.9 Å². The van der Waals surface area contributed by atoms with Crippen LogP contribution in [0.25, 0.3) is 0 Å². The van der Waals surface area contributed by atoms with Gasteiger partial charge in [-0.1, -0.05) is 6.42 Å². The molecule has 0 spiro atoms. The van der Waals surface area contributed by atoms with Gasteiger partial charge in [-0.05, 0) is 12.8 Å². The number of rotatable bonds is 2. The maximum absolute atomic E-state index is 10.2. The minimum atomic E-state index is -1.67. The van der Waals surface area contributed by atoms with Crippen molar-refractivity contribution in [2.75, 3.05) is 0 Å². The molecule has 56 valence electrons. The molecule has 0 bridgehead atoms. The predicted octanol–water partition coefficient (Wildman–Crippen LogP) is -2.35. The van der Waals surface area contributed by atoms with Gasteiger partial charge in [0.1, 0.15) is 0 Å². The summed E-state index contributed by atoms with van der Waals surface area (Å²) in [6, 6.07) is 0. The Morgan fingerprint density at radius 3 is 1.45 bits per heavy atom. The summed E-state index contributed by atoms with van der Waals surface area (Å²) in [6.07, 6.45) is 0.928. The van der Waals surface area contributed by atoms with Crippen LogP contribution < -0.4 is 10.2 Å². The second-order valence-corrected chi connectivity index (χ2v) is 2.51. The van der Waals surface area contributed by atoms with E-state index in [4.69, 9.17) is 0 Å². The quantitative estimate of drug-likeness (QED) is 0.408. The van der Waals surface area contributed by atoms with Crippen LogP contribution in [0.3, 0.4) is 0 Å². The molecule has 11 heavy (non-hydrogen) atoms. The van der Waals surface area contributed by atoms with Gasteiger partial charge in [0.2, 0.25) is 0 Å². The van der Waals surface area contributed by atoms with Crippen LogP contribution >= 0.6 is 0 Å². The molecule has 0 aromatic rings. The van der Waals surface area contributed by atoms with Crippen molar-refractivity contribution in [3.8, 4) is 0 Å². The third-order valence-corrected chi connectivity index (χ3v) is 1.99.